The van der Waals surface area contributed by atoms with Crippen molar-refractivity contribution in [1.82, 2.24) is 15.5 Å². The van der Waals surface area contributed by atoms with Gasteiger partial charge in [0.25, 0.3) is 0 Å². The molecular formula is C20H35IN4O3. The fourth-order valence-corrected chi connectivity index (χ4v) is 2.67. The van der Waals surface area contributed by atoms with Crippen LogP contribution in [0.25, 0.3) is 0 Å². The Morgan fingerprint density at radius 1 is 1.21 bits per heavy atom. The Morgan fingerprint density at radius 2 is 1.93 bits per heavy atom. The number of morpholine rings is 1. The third kappa shape index (κ3) is 8.93. The maximum absolute atomic E-state index is 6.03. The highest BCUT2D eigenvalue weighted by molar-refractivity contribution is 14.0. The minimum absolute atomic E-state index is 0. The Labute approximate surface area is 186 Å². The molecule has 28 heavy (non-hydrogen) atoms. The van der Waals surface area contributed by atoms with Crippen LogP contribution in [-0.4, -0.2) is 76.6 Å². The van der Waals surface area contributed by atoms with Crippen LogP contribution in [0.1, 0.15) is 19.4 Å². The van der Waals surface area contributed by atoms with Gasteiger partial charge in [-0.25, -0.2) is 0 Å². The van der Waals surface area contributed by atoms with Crippen LogP contribution in [0.4, 0.5) is 0 Å². The van der Waals surface area contributed by atoms with Crippen molar-refractivity contribution in [3.63, 3.8) is 0 Å². The van der Waals surface area contributed by atoms with E-state index in [9.17, 15) is 0 Å². The number of para-hydroxylation sites is 1. The first-order valence-corrected chi connectivity index (χ1v) is 9.54. The molecule has 1 aliphatic rings. The number of aliphatic imine (C=N–C) groups is 1. The molecule has 8 heteroatoms. The van der Waals surface area contributed by atoms with E-state index in [1.807, 2.05) is 32.0 Å². The molecule has 0 aromatic heterocycles. The smallest absolute Gasteiger partial charge is 0.191 e. The zero-order chi connectivity index (χ0) is 19.5. The molecule has 1 aromatic carbocycles. The zero-order valence-electron chi connectivity index (χ0n) is 17.5. The Hall–Kier alpha value is -1.10. The van der Waals surface area contributed by atoms with Gasteiger partial charge in [-0.05, 0) is 19.9 Å². The summed E-state index contributed by atoms with van der Waals surface area (Å²) in [7, 11) is 3.47. The molecule has 1 saturated heterocycles. The van der Waals surface area contributed by atoms with Gasteiger partial charge in [0.15, 0.2) is 5.96 Å². The molecule has 2 rings (SSSR count). The predicted octanol–water partition coefficient (Wildman–Crippen LogP) is 2.11. The van der Waals surface area contributed by atoms with Crippen molar-refractivity contribution in [3.8, 4) is 5.75 Å². The van der Waals surface area contributed by atoms with E-state index in [0.717, 1.165) is 50.1 Å². The topological polar surface area (TPSA) is 67.4 Å². The summed E-state index contributed by atoms with van der Waals surface area (Å²) in [5.74, 6) is 1.65. The molecule has 1 heterocycles. The van der Waals surface area contributed by atoms with Crippen molar-refractivity contribution in [3.05, 3.63) is 29.8 Å². The van der Waals surface area contributed by atoms with Gasteiger partial charge >= 0.3 is 0 Å². The van der Waals surface area contributed by atoms with Crippen LogP contribution < -0.4 is 15.4 Å². The van der Waals surface area contributed by atoms with Gasteiger partial charge in [-0.15, -0.1) is 24.0 Å². The first-order valence-electron chi connectivity index (χ1n) is 9.54. The third-order valence-corrected chi connectivity index (χ3v) is 4.65. The van der Waals surface area contributed by atoms with Gasteiger partial charge in [0, 0.05) is 52.4 Å². The highest BCUT2D eigenvalue weighted by Crippen LogP contribution is 2.17. The largest absolute Gasteiger partial charge is 0.492 e. The number of guanidine groups is 1. The number of methoxy groups -OCH3 is 1. The molecule has 1 aromatic rings. The number of ether oxygens (including phenoxy) is 3. The fraction of sp³-hybridized carbons (Fsp3) is 0.650. The number of hydrogen-bond donors (Lipinski definition) is 2. The molecular weight excluding hydrogens is 471 g/mol. The van der Waals surface area contributed by atoms with Crippen LogP contribution in [0.3, 0.4) is 0 Å². The lowest BCUT2D eigenvalue weighted by Crippen LogP contribution is -2.45. The summed E-state index contributed by atoms with van der Waals surface area (Å²) in [5, 5.41) is 6.63. The monoisotopic (exact) mass is 506 g/mol. The van der Waals surface area contributed by atoms with Gasteiger partial charge < -0.3 is 24.8 Å². The zero-order valence-corrected chi connectivity index (χ0v) is 19.8. The van der Waals surface area contributed by atoms with Crippen LogP contribution in [0.2, 0.25) is 0 Å². The summed E-state index contributed by atoms with van der Waals surface area (Å²) in [6.07, 6.45) is 0. The number of benzene rings is 1. The number of hydrogen-bond acceptors (Lipinski definition) is 5. The van der Waals surface area contributed by atoms with E-state index in [1.54, 1.807) is 14.2 Å². The first-order chi connectivity index (χ1) is 13.0. The predicted molar refractivity (Wildman–Crippen MR) is 124 cm³/mol. The lowest BCUT2D eigenvalue weighted by molar-refractivity contribution is 0.0268. The molecule has 0 aliphatic carbocycles. The van der Waals surface area contributed by atoms with Crippen molar-refractivity contribution in [2.75, 3.05) is 60.2 Å². The molecule has 0 atom stereocenters. The molecule has 2 N–H and O–H groups in total. The SMILES string of the molecule is CN=C(NCc1ccccc1OCCN1CCOCC1)NCC(C)(C)OC.I. The van der Waals surface area contributed by atoms with E-state index in [-0.39, 0.29) is 29.6 Å². The highest BCUT2D eigenvalue weighted by atomic mass is 127. The van der Waals surface area contributed by atoms with Gasteiger partial charge in [-0.2, -0.15) is 0 Å². The van der Waals surface area contributed by atoms with Crippen molar-refractivity contribution >= 4 is 29.9 Å². The molecule has 0 amide bonds. The minimum Gasteiger partial charge on any atom is -0.492 e. The summed E-state index contributed by atoms with van der Waals surface area (Å²) in [4.78, 5) is 6.64. The standard InChI is InChI=1S/C20H34N4O3.HI/c1-20(2,25-4)16-23-19(21-3)22-15-17-7-5-6-8-18(17)27-14-11-24-9-12-26-13-10-24;/h5-8H,9-16H2,1-4H3,(H2,21,22,23);1H. The van der Waals surface area contributed by atoms with Crippen molar-refractivity contribution < 1.29 is 14.2 Å². The number of halogens is 1. The minimum atomic E-state index is -0.252. The van der Waals surface area contributed by atoms with E-state index < -0.39 is 0 Å². The van der Waals surface area contributed by atoms with Gasteiger partial charge in [-0.1, -0.05) is 18.2 Å². The summed E-state index contributed by atoms with van der Waals surface area (Å²) >= 11 is 0. The van der Waals surface area contributed by atoms with Gasteiger partial charge in [-0.3, -0.25) is 9.89 Å². The molecule has 0 bridgehead atoms. The molecule has 0 unspecified atom stereocenters. The van der Waals surface area contributed by atoms with Gasteiger partial charge in [0.2, 0.25) is 0 Å². The number of rotatable bonds is 9. The normalized spacial score (nSPS) is 15.6. The average molecular weight is 506 g/mol. The lowest BCUT2D eigenvalue weighted by Gasteiger charge is -2.26. The quantitative estimate of drug-likeness (QED) is 0.304. The summed E-state index contributed by atoms with van der Waals surface area (Å²) in [5.41, 5.74) is 0.853. The van der Waals surface area contributed by atoms with Crippen molar-refractivity contribution in [2.45, 2.75) is 26.0 Å². The van der Waals surface area contributed by atoms with Crippen LogP contribution in [0, 0.1) is 0 Å². The second kappa shape index (κ2) is 13.2. The third-order valence-electron chi connectivity index (χ3n) is 4.65. The van der Waals surface area contributed by atoms with E-state index in [0.29, 0.717) is 19.7 Å². The van der Waals surface area contributed by atoms with Gasteiger partial charge in [0.05, 0.1) is 18.8 Å². The van der Waals surface area contributed by atoms with Gasteiger partial charge in [0.1, 0.15) is 12.4 Å². The Kier molecular flexibility index (Phi) is 11.7. The lowest BCUT2D eigenvalue weighted by atomic mass is 10.1. The fourth-order valence-electron chi connectivity index (χ4n) is 2.67. The molecule has 0 spiro atoms. The first kappa shape index (κ1) is 24.9. The highest BCUT2D eigenvalue weighted by Gasteiger charge is 2.16. The summed E-state index contributed by atoms with van der Waals surface area (Å²) in [6, 6.07) is 8.11. The second-order valence-electron chi connectivity index (χ2n) is 7.15. The second-order valence-corrected chi connectivity index (χ2v) is 7.15. The van der Waals surface area contributed by atoms with Crippen LogP contribution in [-0.2, 0) is 16.0 Å². The Morgan fingerprint density at radius 3 is 2.61 bits per heavy atom. The summed E-state index contributed by atoms with van der Waals surface area (Å²) < 4.78 is 16.8. The van der Waals surface area contributed by atoms with Crippen LogP contribution in [0.5, 0.6) is 5.75 Å². The van der Waals surface area contributed by atoms with Crippen molar-refractivity contribution in [2.24, 2.45) is 4.99 Å². The molecule has 160 valence electrons. The molecule has 0 radical (unpaired) electrons. The van der Waals surface area contributed by atoms with Crippen molar-refractivity contribution in [1.29, 1.82) is 0 Å². The number of nitrogens with zero attached hydrogens (tertiary/aromatic N) is 2. The van der Waals surface area contributed by atoms with E-state index in [1.165, 1.54) is 0 Å². The average Bonchev–Trinajstić information content (AvgIpc) is 2.70. The van der Waals surface area contributed by atoms with E-state index in [2.05, 4.69) is 26.6 Å². The molecule has 1 aliphatic heterocycles. The Balaban J connectivity index is 0.00000392. The number of nitrogens with one attached hydrogen (secondary N) is 2. The maximum Gasteiger partial charge on any atom is 0.191 e. The van der Waals surface area contributed by atoms with Crippen LogP contribution in [0.15, 0.2) is 29.3 Å². The maximum atomic E-state index is 6.03. The molecule has 7 nitrogen and oxygen atoms in total. The Bertz CT molecular complexity index is 593. The molecule has 1 fully saturated rings. The summed E-state index contributed by atoms with van der Waals surface area (Å²) in [6.45, 7) is 10.5. The van der Waals surface area contributed by atoms with E-state index in [4.69, 9.17) is 14.2 Å². The molecule has 0 saturated carbocycles. The van der Waals surface area contributed by atoms with E-state index >= 15 is 0 Å². The van der Waals surface area contributed by atoms with Crippen LogP contribution >= 0.6 is 24.0 Å².